The van der Waals surface area contributed by atoms with Gasteiger partial charge in [-0.2, -0.15) is 0 Å². The zero-order chi connectivity index (χ0) is 20.3. The van der Waals surface area contributed by atoms with E-state index in [4.69, 9.17) is 14.2 Å². The van der Waals surface area contributed by atoms with E-state index < -0.39 is 10.0 Å². The fourth-order valence-electron chi connectivity index (χ4n) is 3.07. The number of rotatable bonds is 7. The number of hydrogen-bond acceptors (Lipinski definition) is 6. The maximum atomic E-state index is 12.8. The fraction of sp³-hybridized carbons (Fsp3) is 0.316. The van der Waals surface area contributed by atoms with Crippen LogP contribution < -0.4 is 23.8 Å². The lowest BCUT2D eigenvalue weighted by atomic mass is 10.2. The number of carbonyl (C=O) groups excluding carboxylic acids is 1. The van der Waals surface area contributed by atoms with Crippen LogP contribution in [0.3, 0.4) is 0 Å². The Labute approximate surface area is 164 Å². The van der Waals surface area contributed by atoms with Gasteiger partial charge in [0.05, 0.1) is 37.6 Å². The summed E-state index contributed by atoms with van der Waals surface area (Å²) in [5.74, 6) is 1.23. The summed E-state index contributed by atoms with van der Waals surface area (Å²) in [7, 11) is 0.543. The van der Waals surface area contributed by atoms with E-state index in [0.29, 0.717) is 41.6 Å². The first-order chi connectivity index (χ1) is 13.4. The summed E-state index contributed by atoms with van der Waals surface area (Å²) >= 11 is 0. The van der Waals surface area contributed by atoms with Crippen molar-refractivity contribution < 1.29 is 27.4 Å². The SMILES string of the molecule is COc1ccc(S(=O)(=O)Nc2ccc(OC)c(N3CCCC3=O)c2)cc1OC. The van der Waals surface area contributed by atoms with Crippen molar-refractivity contribution in [2.75, 3.05) is 37.5 Å². The molecule has 28 heavy (non-hydrogen) atoms. The molecule has 0 bridgehead atoms. The molecule has 3 rings (SSSR count). The second-order valence-corrected chi connectivity index (χ2v) is 7.84. The highest BCUT2D eigenvalue weighted by Gasteiger charge is 2.25. The highest BCUT2D eigenvalue weighted by atomic mass is 32.2. The number of methoxy groups -OCH3 is 3. The molecule has 1 N–H and O–H groups in total. The van der Waals surface area contributed by atoms with E-state index in [9.17, 15) is 13.2 Å². The Morgan fingerprint density at radius 3 is 2.21 bits per heavy atom. The van der Waals surface area contributed by atoms with E-state index in [0.717, 1.165) is 6.42 Å². The summed E-state index contributed by atoms with van der Waals surface area (Å²) in [6, 6.07) is 9.15. The summed E-state index contributed by atoms with van der Waals surface area (Å²) in [5, 5.41) is 0. The van der Waals surface area contributed by atoms with Crippen LogP contribution in [-0.4, -0.2) is 42.2 Å². The van der Waals surface area contributed by atoms with Crippen molar-refractivity contribution in [3.8, 4) is 17.2 Å². The normalized spacial score (nSPS) is 14.1. The molecule has 0 aromatic heterocycles. The Balaban J connectivity index is 1.93. The quantitative estimate of drug-likeness (QED) is 0.760. The summed E-state index contributed by atoms with van der Waals surface area (Å²) in [6.07, 6.45) is 1.22. The first-order valence-electron chi connectivity index (χ1n) is 8.63. The lowest BCUT2D eigenvalue weighted by molar-refractivity contribution is -0.117. The number of benzene rings is 2. The van der Waals surface area contributed by atoms with Gasteiger partial charge in [-0.25, -0.2) is 8.42 Å². The van der Waals surface area contributed by atoms with Crippen LogP contribution in [0.25, 0.3) is 0 Å². The smallest absolute Gasteiger partial charge is 0.262 e. The number of sulfonamides is 1. The third-order valence-corrected chi connectivity index (χ3v) is 5.84. The van der Waals surface area contributed by atoms with Crippen LogP contribution in [0.4, 0.5) is 11.4 Å². The maximum Gasteiger partial charge on any atom is 0.262 e. The molecule has 150 valence electrons. The van der Waals surface area contributed by atoms with E-state index in [2.05, 4.69) is 4.72 Å². The fourth-order valence-corrected chi connectivity index (χ4v) is 4.13. The van der Waals surface area contributed by atoms with Crippen molar-refractivity contribution >= 4 is 27.3 Å². The topological polar surface area (TPSA) is 94.2 Å². The lowest BCUT2D eigenvalue weighted by Crippen LogP contribution is -2.24. The minimum atomic E-state index is -3.87. The molecule has 0 radical (unpaired) electrons. The zero-order valence-corrected chi connectivity index (χ0v) is 16.7. The van der Waals surface area contributed by atoms with Crippen molar-refractivity contribution in [2.24, 2.45) is 0 Å². The van der Waals surface area contributed by atoms with Gasteiger partial charge >= 0.3 is 0 Å². The first kappa shape index (κ1) is 19.8. The van der Waals surface area contributed by atoms with Gasteiger partial charge in [0.25, 0.3) is 10.0 Å². The minimum Gasteiger partial charge on any atom is -0.495 e. The summed E-state index contributed by atoms with van der Waals surface area (Å²) in [6.45, 7) is 0.571. The van der Waals surface area contributed by atoms with Gasteiger partial charge in [0.1, 0.15) is 5.75 Å². The Morgan fingerprint density at radius 2 is 1.61 bits per heavy atom. The highest BCUT2D eigenvalue weighted by Crippen LogP contribution is 2.35. The van der Waals surface area contributed by atoms with Gasteiger partial charge in [-0.3, -0.25) is 9.52 Å². The van der Waals surface area contributed by atoms with Crippen molar-refractivity contribution in [1.82, 2.24) is 0 Å². The van der Waals surface area contributed by atoms with E-state index in [1.165, 1.54) is 39.5 Å². The molecule has 1 aliphatic heterocycles. The van der Waals surface area contributed by atoms with Gasteiger partial charge in [-0.1, -0.05) is 0 Å². The van der Waals surface area contributed by atoms with Crippen LogP contribution >= 0.6 is 0 Å². The van der Waals surface area contributed by atoms with Crippen LogP contribution in [0.5, 0.6) is 17.2 Å². The first-order valence-corrected chi connectivity index (χ1v) is 10.1. The van der Waals surface area contributed by atoms with E-state index in [1.807, 2.05) is 0 Å². The molecule has 1 heterocycles. The molecule has 0 spiro atoms. The van der Waals surface area contributed by atoms with E-state index in [1.54, 1.807) is 23.1 Å². The Morgan fingerprint density at radius 1 is 0.929 bits per heavy atom. The van der Waals surface area contributed by atoms with Crippen LogP contribution in [0.15, 0.2) is 41.3 Å². The average Bonchev–Trinajstić information content (AvgIpc) is 3.12. The number of amides is 1. The zero-order valence-electron chi connectivity index (χ0n) is 15.9. The molecule has 1 amide bonds. The standard InChI is InChI=1S/C19H22N2O6S/c1-25-16-8-6-13(11-15(16)21-10-4-5-19(21)22)20-28(23,24)14-7-9-17(26-2)18(12-14)27-3/h6-9,11-12,20H,4-5,10H2,1-3H3. The number of ether oxygens (including phenoxy) is 3. The molecule has 1 saturated heterocycles. The van der Waals surface area contributed by atoms with Crippen LogP contribution in [0, 0.1) is 0 Å². The molecule has 1 fully saturated rings. The van der Waals surface area contributed by atoms with Crippen molar-refractivity contribution in [2.45, 2.75) is 17.7 Å². The predicted molar refractivity (Wildman–Crippen MR) is 105 cm³/mol. The van der Waals surface area contributed by atoms with Gasteiger partial charge in [0, 0.05) is 19.0 Å². The summed E-state index contributed by atoms with van der Waals surface area (Å²) < 4.78 is 43.8. The third kappa shape index (κ3) is 3.84. The second kappa shape index (κ2) is 7.97. The molecule has 0 saturated carbocycles. The van der Waals surface area contributed by atoms with Gasteiger partial charge < -0.3 is 19.1 Å². The molecule has 2 aromatic rings. The van der Waals surface area contributed by atoms with Crippen LogP contribution in [0.2, 0.25) is 0 Å². The van der Waals surface area contributed by atoms with Crippen LogP contribution in [-0.2, 0) is 14.8 Å². The highest BCUT2D eigenvalue weighted by molar-refractivity contribution is 7.92. The van der Waals surface area contributed by atoms with Gasteiger partial charge in [-0.05, 0) is 36.8 Å². The molecule has 0 atom stereocenters. The molecular formula is C19H22N2O6S. The number of carbonyl (C=O) groups is 1. The lowest BCUT2D eigenvalue weighted by Gasteiger charge is -2.20. The van der Waals surface area contributed by atoms with Gasteiger partial charge in [-0.15, -0.1) is 0 Å². The summed E-state index contributed by atoms with van der Waals surface area (Å²) in [5.41, 5.74) is 0.864. The Kier molecular flexibility index (Phi) is 5.64. The minimum absolute atomic E-state index is 0.0156. The number of anilines is 2. The van der Waals surface area contributed by atoms with E-state index in [-0.39, 0.29) is 10.8 Å². The molecule has 0 unspecified atom stereocenters. The van der Waals surface area contributed by atoms with Gasteiger partial charge in [0.15, 0.2) is 11.5 Å². The average molecular weight is 406 g/mol. The van der Waals surface area contributed by atoms with Crippen LogP contribution in [0.1, 0.15) is 12.8 Å². The van der Waals surface area contributed by atoms with Crippen molar-refractivity contribution in [3.05, 3.63) is 36.4 Å². The Bertz CT molecular complexity index is 990. The monoisotopic (exact) mass is 406 g/mol. The Hall–Kier alpha value is -2.94. The molecular weight excluding hydrogens is 384 g/mol. The predicted octanol–water partition coefficient (Wildman–Crippen LogP) is 2.64. The molecule has 2 aromatic carbocycles. The molecule has 1 aliphatic rings. The largest absolute Gasteiger partial charge is 0.495 e. The summed E-state index contributed by atoms with van der Waals surface area (Å²) in [4.78, 5) is 13.7. The number of hydrogen-bond donors (Lipinski definition) is 1. The molecule has 0 aliphatic carbocycles. The van der Waals surface area contributed by atoms with Gasteiger partial charge in [0.2, 0.25) is 5.91 Å². The molecule has 8 nitrogen and oxygen atoms in total. The second-order valence-electron chi connectivity index (χ2n) is 6.16. The van der Waals surface area contributed by atoms with Crippen molar-refractivity contribution in [3.63, 3.8) is 0 Å². The van der Waals surface area contributed by atoms with Crippen molar-refractivity contribution in [1.29, 1.82) is 0 Å². The number of nitrogens with zero attached hydrogens (tertiary/aromatic N) is 1. The van der Waals surface area contributed by atoms with E-state index >= 15 is 0 Å². The third-order valence-electron chi connectivity index (χ3n) is 4.46. The number of nitrogens with one attached hydrogen (secondary N) is 1. The molecule has 9 heteroatoms. The maximum absolute atomic E-state index is 12.8.